The predicted molar refractivity (Wildman–Crippen MR) is 50.2 cm³/mol. The molecule has 0 aliphatic carbocycles. The molecule has 0 fully saturated rings. The van der Waals surface area contributed by atoms with Gasteiger partial charge in [0.05, 0.1) is 6.61 Å². The molecular formula is C10H16O3. The minimum Gasteiger partial charge on any atom is -0.463 e. The van der Waals surface area contributed by atoms with Gasteiger partial charge in [-0.05, 0) is 13.3 Å². The first-order chi connectivity index (χ1) is 6.02. The van der Waals surface area contributed by atoms with Crippen LogP contribution in [0.4, 0.5) is 0 Å². The third-order valence-corrected chi connectivity index (χ3v) is 1.50. The highest BCUT2D eigenvalue weighted by atomic mass is 16.5. The molecule has 0 aromatic heterocycles. The van der Waals surface area contributed by atoms with Crippen molar-refractivity contribution >= 4 is 12.3 Å². The van der Waals surface area contributed by atoms with Crippen molar-refractivity contribution in [3.8, 4) is 0 Å². The third kappa shape index (κ3) is 6.08. The average molecular weight is 184 g/mol. The molecule has 0 heterocycles. The van der Waals surface area contributed by atoms with Crippen molar-refractivity contribution in [1.82, 2.24) is 0 Å². The molecule has 0 aliphatic rings. The maximum absolute atomic E-state index is 10.8. The van der Waals surface area contributed by atoms with Crippen molar-refractivity contribution in [3.63, 3.8) is 0 Å². The Morgan fingerprint density at radius 2 is 2.08 bits per heavy atom. The summed E-state index contributed by atoms with van der Waals surface area (Å²) in [5, 5.41) is 0. The molecule has 74 valence electrons. The van der Waals surface area contributed by atoms with E-state index in [0.29, 0.717) is 13.0 Å². The zero-order valence-electron chi connectivity index (χ0n) is 8.37. The first kappa shape index (κ1) is 11.9. The molecule has 0 rings (SSSR count). The number of ether oxygens (including phenoxy) is 1. The first-order valence-corrected chi connectivity index (χ1v) is 4.31. The van der Waals surface area contributed by atoms with Gasteiger partial charge in [0.2, 0.25) is 0 Å². The van der Waals surface area contributed by atoms with Gasteiger partial charge in [-0.1, -0.05) is 19.9 Å². The van der Waals surface area contributed by atoms with E-state index in [9.17, 15) is 9.59 Å². The molecule has 0 bridgehead atoms. The lowest BCUT2D eigenvalue weighted by Gasteiger charge is -2.12. The molecule has 0 saturated heterocycles. The third-order valence-electron chi connectivity index (χ3n) is 1.50. The number of esters is 1. The van der Waals surface area contributed by atoms with E-state index >= 15 is 0 Å². The van der Waals surface area contributed by atoms with Crippen LogP contribution < -0.4 is 0 Å². The Hall–Kier alpha value is -1.12. The van der Waals surface area contributed by atoms with Crippen molar-refractivity contribution in [3.05, 3.63) is 12.2 Å². The molecule has 0 aliphatic heterocycles. The minimum atomic E-state index is -0.400. The van der Waals surface area contributed by atoms with E-state index in [1.807, 2.05) is 13.8 Å². The van der Waals surface area contributed by atoms with Gasteiger partial charge in [-0.25, -0.2) is 4.79 Å². The summed E-state index contributed by atoms with van der Waals surface area (Å²) in [5.74, 6) is -0.357. The van der Waals surface area contributed by atoms with E-state index in [1.54, 1.807) is 13.0 Å². The summed E-state index contributed by atoms with van der Waals surface area (Å²) >= 11 is 0. The number of allylic oxidation sites excluding steroid dienone is 1. The minimum absolute atomic E-state index is 0.357. The molecule has 3 heteroatoms. The second-order valence-corrected chi connectivity index (χ2v) is 3.46. The second kappa shape index (κ2) is 5.51. The summed E-state index contributed by atoms with van der Waals surface area (Å²) in [4.78, 5) is 21.3. The van der Waals surface area contributed by atoms with Crippen LogP contribution >= 0.6 is 0 Å². The molecule has 0 amide bonds. The molecule has 0 N–H and O–H groups in total. The quantitative estimate of drug-likeness (QED) is 0.371. The van der Waals surface area contributed by atoms with E-state index in [1.165, 1.54) is 6.08 Å². The van der Waals surface area contributed by atoms with Crippen molar-refractivity contribution in [2.24, 2.45) is 5.41 Å². The maximum Gasteiger partial charge on any atom is 0.330 e. The Kier molecular flexibility index (Phi) is 5.04. The van der Waals surface area contributed by atoms with Crippen LogP contribution in [0.25, 0.3) is 0 Å². The Morgan fingerprint density at radius 1 is 1.46 bits per heavy atom. The zero-order chi connectivity index (χ0) is 10.3. The van der Waals surface area contributed by atoms with Crippen LogP contribution in [-0.2, 0) is 14.3 Å². The largest absolute Gasteiger partial charge is 0.463 e. The summed E-state index contributed by atoms with van der Waals surface area (Å²) in [7, 11) is 0. The Labute approximate surface area is 78.8 Å². The molecule has 13 heavy (non-hydrogen) atoms. The number of rotatable bonds is 5. The van der Waals surface area contributed by atoms with Crippen LogP contribution in [0.15, 0.2) is 12.2 Å². The average Bonchev–Trinajstić information content (AvgIpc) is 2.05. The lowest BCUT2D eigenvalue weighted by atomic mass is 9.91. The summed E-state index contributed by atoms with van der Waals surface area (Å²) in [6, 6.07) is 0. The van der Waals surface area contributed by atoms with Gasteiger partial charge in [-0.3, -0.25) is 0 Å². The van der Waals surface area contributed by atoms with Gasteiger partial charge in [-0.15, -0.1) is 0 Å². The Morgan fingerprint density at radius 3 is 2.54 bits per heavy atom. The van der Waals surface area contributed by atoms with E-state index < -0.39 is 5.41 Å². The monoisotopic (exact) mass is 184 g/mol. The fourth-order valence-electron chi connectivity index (χ4n) is 0.697. The Bertz CT molecular complexity index is 204. The standard InChI is InChI=1S/C10H16O3/c1-4-13-9(12)6-5-7-10(2,3)8-11/h5-6,8H,4,7H2,1-3H3/b6-5+. The molecule has 0 aromatic rings. The van der Waals surface area contributed by atoms with Gasteiger partial charge in [-0.2, -0.15) is 0 Å². The molecule has 0 unspecified atom stereocenters. The second-order valence-electron chi connectivity index (χ2n) is 3.46. The highest BCUT2D eigenvalue weighted by Gasteiger charge is 2.13. The van der Waals surface area contributed by atoms with E-state index in [2.05, 4.69) is 4.74 Å². The van der Waals surface area contributed by atoms with E-state index in [0.717, 1.165) is 6.29 Å². The van der Waals surface area contributed by atoms with Crippen LogP contribution in [0.2, 0.25) is 0 Å². The lowest BCUT2D eigenvalue weighted by Crippen LogP contribution is -2.11. The van der Waals surface area contributed by atoms with Gasteiger partial charge in [0, 0.05) is 11.5 Å². The normalized spacial score (nSPS) is 11.6. The highest BCUT2D eigenvalue weighted by molar-refractivity contribution is 5.81. The fraction of sp³-hybridized carbons (Fsp3) is 0.600. The van der Waals surface area contributed by atoms with Crippen molar-refractivity contribution < 1.29 is 14.3 Å². The molecule has 0 atom stereocenters. The van der Waals surface area contributed by atoms with Crippen molar-refractivity contribution in [2.75, 3.05) is 6.61 Å². The van der Waals surface area contributed by atoms with Crippen LogP contribution in [0.5, 0.6) is 0 Å². The molecule has 0 saturated carbocycles. The fourth-order valence-corrected chi connectivity index (χ4v) is 0.697. The Balaban J connectivity index is 3.87. The van der Waals surface area contributed by atoms with Crippen LogP contribution in [-0.4, -0.2) is 18.9 Å². The van der Waals surface area contributed by atoms with Crippen molar-refractivity contribution in [2.45, 2.75) is 27.2 Å². The summed E-state index contributed by atoms with van der Waals surface area (Å²) in [6.07, 6.45) is 4.44. The zero-order valence-corrected chi connectivity index (χ0v) is 8.37. The van der Waals surface area contributed by atoms with Gasteiger partial charge in [0.15, 0.2) is 0 Å². The van der Waals surface area contributed by atoms with Gasteiger partial charge in [0.1, 0.15) is 6.29 Å². The molecule has 0 spiro atoms. The topological polar surface area (TPSA) is 43.4 Å². The maximum atomic E-state index is 10.8. The number of aldehydes is 1. The highest BCUT2D eigenvalue weighted by Crippen LogP contribution is 2.16. The van der Waals surface area contributed by atoms with Crippen LogP contribution in [0.1, 0.15) is 27.2 Å². The van der Waals surface area contributed by atoms with E-state index in [4.69, 9.17) is 0 Å². The number of hydrogen-bond acceptors (Lipinski definition) is 3. The molecule has 0 radical (unpaired) electrons. The predicted octanol–water partition coefficient (Wildman–Crippen LogP) is 1.72. The summed E-state index contributed by atoms with van der Waals surface area (Å²) in [6.45, 7) is 5.76. The number of carbonyl (C=O) groups is 2. The van der Waals surface area contributed by atoms with Crippen LogP contribution in [0.3, 0.4) is 0 Å². The van der Waals surface area contributed by atoms with Crippen molar-refractivity contribution in [1.29, 1.82) is 0 Å². The molecule has 0 aromatic carbocycles. The SMILES string of the molecule is CCOC(=O)/C=C/CC(C)(C)C=O. The van der Waals surface area contributed by atoms with Gasteiger partial charge < -0.3 is 9.53 Å². The van der Waals surface area contributed by atoms with E-state index in [-0.39, 0.29) is 5.97 Å². The lowest BCUT2D eigenvalue weighted by molar-refractivity contribution is -0.137. The molecular weight excluding hydrogens is 168 g/mol. The summed E-state index contributed by atoms with van der Waals surface area (Å²) in [5.41, 5.74) is -0.400. The van der Waals surface area contributed by atoms with Gasteiger partial charge >= 0.3 is 5.97 Å². The van der Waals surface area contributed by atoms with Crippen LogP contribution in [0, 0.1) is 5.41 Å². The molecule has 3 nitrogen and oxygen atoms in total. The number of hydrogen-bond donors (Lipinski definition) is 0. The first-order valence-electron chi connectivity index (χ1n) is 4.31. The smallest absolute Gasteiger partial charge is 0.330 e. The van der Waals surface area contributed by atoms with Gasteiger partial charge in [0.25, 0.3) is 0 Å². The summed E-state index contributed by atoms with van der Waals surface area (Å²) < 4.78 is 4.68. The number of carbonyl (C=O) groups excluding carboxylic acids is 2.